The maximum atomic E-state index is 12.9. The van der Waals surface area contributed by atoms with Gasteiger partial charge in [-0.25, -0.2) is 9.18 Å². The van der Waals surface area contributed by atoms with Gasteiger partial charge < -0.3 is 15.4 Å². The zero-order valence-electron chi connectivity index (χ0n) is 11.9. The first-order chi connectivity index (χ1) is 10.0. The Morgan fingerprint density at radius 1 is 1.29 bits per heavy atom. The second-order valence-electron chi connectivity index (χ2n) is 4.45. The van der Waals surface area contributed by atoms with Gasteiger partial charge in [-0.05, 0) is 17.7 Å². The summed E-state index contributed by atoms with van der Waals surface area (Å²) in [4.78, 5) is 22.4. The van der Waals surface area contributed by atoms with Crippen LogP contribution in [-0.4, -0.2) is 31.7 Å². The van der Waals surface area contributed by atoms with E-state index in [1.54, 1.807) is 12.1 Å². The molecular formula is C15H19FN2O3. The molecule has 6 heteroatoms. The summed E-state index contributed by atoms with van der Waals surface area (Å²) in [6.07, 6.45) is 0.902. The normalized spacial score (nSPS) is 11.3. The van der Waals surface area contributed by atoms with E-state index in [1.165, 1.54) is 25.1 Å². The average Bonchev–Trinajstić information content (AvgIpc) is 2.46. The summed E-state index contributed by atoms with van der Waals surface area (Å²) in [5.74, 6) is -0.683. The van der Waals surface area contributed by atoms with Gasteiger partial charge in [0.15, 0.2) is 0 Å². The molecule has 2 amide bonds. The van der Waals surface area contributed by atoms with E-state index in [1.807, 2.05) is 0 Å². The van der Waals surface area contributed by atoms with Crippen molar-refractivity contribution in [3.63, 3.8) is 0 Å². The maximum Gasteiger partial charge on any atom is 0.407 e. The summed E-state index contributed by atoms with van der Waals surface area (Å²) in [6.45, 7) is 5.58. The van der Waals surface area contributed by atoms with E-state index >= 15 is 0 Å². The zero-order chi connectivity index (χ0) is 15.7. The lowest BCUT2D eigenvalue weighted by Gasteiger charge is -2.18. The molecule has 0 aliphatic rings. The van der Waals surface area contributed by atoms with E-state index in [0.717, 1.165) is 5.56 Å². The Labute approximate surface area is 123 Å². The van der Waals surface area contributed by atoms with E-state index < -0.39 is 6.09 Å². The first-order valence-electron chi connectivity index (χ1n) is 6.54. The Kier molecular flexibility index (Phi) is 6.94. The van der Waals surface area contributed by atoms with Crippen LogP contribution in [0.2, 0.25) is 0 Å². The molecule has 1 atom stereocenters. The monoisotopic (exact) mass is 294 g/mol. The summed E-state index contributed by atoms with van der Waals surface area (Å²) in [5.41, 5.74) is 0.814. The topological polar surface area (TPSA) is 67.4 Å². The fourth-order valence-corrected chi connectivity index (χ4v) is 1.70. The van der Waals surface area contributed by atoms with Gasteiger partial charge in [0.2, 0.25) is 5.91 Å². The standard InChI is InChI=1S/C15H19FN2O3/c1-3-8-21-15(20)18-10-13(9-17-11(2)19)12-4-6-14(16)7-5-12/h3-7,13H,1,8-10H2,2H3,(H,17,19)(H,18,20). The van der Waals surface area contributed by atoms with Crippen molar-refractivity contribution in [2.24, 2.45) is 0 Å². The van der Waals surface area contributed by atoms with Gasteiger partial charge in [0.1, 0.15) is 12.4 Å². The van der Waals surface area contributed by atoms with Crippen molar-refractivity contribution in [3.05, 3.63) is 48.3 Å². The molecule has 0 radical (unpaired) electrons. The van der Waals surface area contributed by atoms with Crippen LogP contribution in [0.1, 0.15) is 18.4 Å². The smallest absolute Gasteiger partial charge is 0.407 e. The summed E-state index contributed by atoms with van der Waals surface area (Å²) >= 11 is 0. The third-order valence-electron chi connectivity index (χ3n) is 2.76. The third-order valence-corrected chi connectivity index (χ3v) is 2.76. The van der Waals surface area contributed by atoms with E-state index in [9.17, 15) is 14.0 Å². The first-order valence-corrected chi connectivity index (χ1v) is 6.54. The quantitative estimate of drug-likeness (QED) is 0.755. The van der Waals surface area contributed by atoms with Gasteiger partial charge in [-0.3, -0.25) is 4.79 Å². The number of carbonyl (C=O) groups is 2. The molecule has 0 heterocycles. The minimum absolute atomic E-state index is 0.124. The van der Waals surface area contributed by atoms with Crippen molar-refractivity contribution >= 4 is 12.0 Å². The molecule has 1 unspecified atom stereocenters. The predicted molar refractivity (Wildman–Crippen MR) is 77.4 cm³/mol. The van der Waals surface area contributed by atoms with Crippen molar-refractivity contribution in [3.8, 4) is 0 Å². The summed E-state index contributed by atoms with van der Waals surface area (Å²) in [5, 5.41) is 5.29. The van der Waals surface area contributed by atoms with Gasteiger partial charge in [0.25, 0.3) is 0 Å². The highest BCUT2D eigenvalue weighted by molar-refractivity contribution is 5.73. The van der Waals surface area contributed by atoms with Crippen LogP contribution in [0, 0.1) is 5.82 Å². The lowest BCUT2D eigenvalue weighted by Crippen LogP contribution is -2.35. The number of rotatable bonds is 7. The SMILES string of the molecule is C=CCOC(=O)NCC(CNC(C)=O)c1ccc(F)cc1. The highest BCUT2D eigenvalue weighted by atomic mass is 19.1. The lowest BCUT2D eigenvalue weighted by molar-refractivity contribution is -0.119. The largest absolute Gasteiger partial charge is 0.445 e. The van der Waals surface area contributed by atoms with Gasteiger partial charge >= 0.3 is 6.09 Å². The van der Waals surface area contributed by atoms with Crippen molar-refractivity contribution in [1.82, 2.24) is 10.6 Å². The molecule has 1 rings (SSSR count). The van der Waals surface area contributed by atoms with Crippen LogP contribution in [0.15, 0.2) is 36.9 Å². The van der Waals surface area contributed by atoms with Crippen molar-refractivity contribution < 1.29 is 18.7 Å². The minimum Gasteiger partial charge on any atom is -0.445 e. The molecule has 0 aliphatic heterocycles. The Morgan fingerprint density at radius 3 is 2.48 bits per heavy atom. The molecule has 0 bridgehead atoms. The van der Waals surface area contributed by atoms with Crippen LogP contribution in [0.4, 0.5) is 9.18 Å². The fourth-order valence-electron chi connectivity index (χ4n) is 1.70. The van der Waals surface area contributed by atoms with E-state index in [-0.39, 0.29) is 30.8 Å². The molecule has 1 aromatic rings. The average molecular weight is 294 g/mol. The Hall–Kier alpha value is -2.37. The number of amides is 2. The molecule has 0 saturated heterocycles. The van der Waals surface area contributed by atoms with Crippen LogP contribution >= 0.6 is 0 Å². The van der Waals surface area contributed by atoms with E-state index in [0.29, 0.717) is 6.54 Å². The van der Waals surface area contributed by atoms with E-state index in [4.69, 9.17) is 4.74 Å². The number of ether oxygens (including phenoxy) is 1. The number of benzene rings is 1. The van der Waals surface area contributed by atoms with Gasteiger partial charge in [-0.2, -0.15) is 0 Å². The van der Waals surface area contributed by atoms with Gasteiger partial charge in [-0.15, -0.1) is 0 Å². The van der Waals surface area contributed by atoms with Crippen LogP contribution in [-0.2, 0) is 9.53 Å². The molecule has 21 heavy (non-hydrogen) atoms. The van der Waals surface area contributed by atoms with Crippen molar-refractivity contribution in [1.29, 1.82) is 0 Å². The van der Waals surface area contributed by atoms with E-state index in [2.05, 4.69) is 17.2 Å². The Balaban J connectivity index is 2.63. The molecule has 114 valence electrons. The Bertz CT molecular complexity index is 488. The van der Waals surface area contributed by atoms with Crippen molar-refractivity contribution in [2.75, 3.05) is 19.7 Å². The molecule has 0 aliphatic carbocycles. The molecule has 2 N–H and O–H groups in total. The summed E-state index contributed by atoms with van der Waals surface area (Å²) in [7, 11) is 0. The molecule has 1 aromatic carbocycles. The van der Waals surface area contributed by atoms with Crippen molar-refractivity contribution in [2.45, 2.75) is 12.8 Å². The molecule has 0 spiro atoms. The van der Waals surface area contributed by atoms with Crippen LogP contribution < -0.4 is 10.6 Å². The zero-order valence-corrected chi connectivity index (χ0v) is 11.9. The summed E-state index contributed by atoms with van der Waals surface area (Å²) < 4.78 is 17.8. The lowest BCUT2D eigenvalue weighted by atomic mass is 9.99. The number of alkyl carbamates (subject to hydrolysis) is 1. The Morgan fingerprint density at radius 2 is 1.90 bits per heavy atom. The number of hydrogen-bond acceptors (Lipinski definition) is 3. The molecule has 0 fully saturated rings. The fraction of sp³-hybridized carbons (Fsp3) is 0.333. The second kappa shape index (κ2) is 8.73. The molecular weight excluding hydrogens is 275 g/mol. The first kappa shape index (κ1) is 16.7. The number of hydrogen-bond donors (Lipinski definition) is 2. The predicted octanol–water partition coefficient (Wildman–Crippen LogP) is 1.96. The maximum absolute atomic E-state index is 12.9. The molecule has 0 saturated carbocycles. The van der Waals surface area contributed by atoms with Gasteiger partial charge in [-0.1, -0.05) is 24.8 Å². The van der Waals surface area contributed by atoms with Crippen LogP contribution in [0.5, 0.6) is 0 Å². The van der Waals surface area contributed by atoms with Gasteiger partial charge in [0, 0.05) is 25.9 Å². The number of carbonyl (C=O) groups excluding carboxylic acids is 2. The number of nitrogens with one attached hydrogen (secondary N) is 2. The minimum atomic E-state index is -0.565. The van der Waals surface area contributed by atoms with Crippen LogP contribution in [0.25, 0.3) is 0 Å². The third kappa shape index (κ3) is 6.56. The number of halogens is 1. The molecule has 0 aromatic heterocycles. The molecule has 5 nitrogen and oxygen atoms in total. The highest BCUT2D eigenvalue weighted by Crippen LogP contribution is 2.15. The van der Waals surface area contributed by atoms with Gasteiger partial charge in [0.05, 0.1) is 0 Å². The second-order valence-corrected chi connectivity index (χ2v) is 4.45. The van der Waals surface area contributed by atoms with Crippen LogP contribution in [0.3, 0.4) is 0 Å². The highest BCUT2D eigenvalue weighted by Gasteiger charge is 2.14. The summed E-state index contributed by atoms with van der Waals surface area (Å²) in [6, 6.07) is 5.93.